The maximum atomic E-state index is 12.2. The molecule has 3 aromatic rings. The summed E-state index contributed by atoms with van der Waals surface area (Å²) in [6, 6.07) is 23.8. The van der Waals surface area contributed by atoms with Gasteiger partial charge in [-0.05, 0) is 55.0 Å². The molecule has 0 unspecified atom stereocenters. The average Bonchev–Trinajstić information content (AvgIpc) is 2.86. The fourth-order valence-electron chi connectivity index (χ4n) is 3.89. The number of carbonyl (C=O) groups is 2. The maximum absolute atomic E-state index is 12.2. The van der Waals surface area contributed by atoms with Crippen LogP contribution in [0.15, 0.2) is 79.0 Å². The molecule has 0 radical (unpaired) electrons. The molecule has 0 spiro atoms. The molecule has 7 nitrogen and oxygen atoms in total. The number of rotatable bonds is 8. The highest BCUT2D eigenvalue weighted by Crippen LogP contribution is 2.22. The molecule has 0 aliphatic carbocycles. The lowest BCUT2D eigenvalue weighted by molar-refractivity contribution is -0.117. The van der Waals surface area contributed by atoms with Crippen LogP contribution in [0.5, 0.6) is 0 Å². The molecule has 7 heteroatoms. The molecule has 33 heavy (non-hydrogen) atoms. The maximum Gasteiger partial charge on any atom is 0.225 e. The van der Waals surface area contributed by atoms with Crippen molar-refractivity contribution in [2.24, 2.45) is 0 Å². The topological polar surface area (TPSA) is 77.6 Å². The van der Waals surface area contributed by atoms with Gasteiger partial charge in [-0.3, -0.25) is 9.59 Å². The van der Waals surface area contributed by atoms with E-state index in [-0.39, 0.29) is 18.2 Å². The van der Waals surface area contributed by atoms with E-state index in [9.17, 15) is 9.59 Å². The number of aromatic nitrogens is 1. The Morgan fingerprint density at radius 3 is 1.88 bits per heavy atom. The van der Waals surface area contributed by atoms with Crippen molar-refractivity contribution < 1.29 is 9.59 Å². The lowest BCUT2D eigenvalue weighted by Crippen LogP contribution is -2.46. The summed E-state index contributed by atoms with van der Waals surface area (Å²) < 4.78 is 0. The molecule has 2 aromatic carbocycles. The Morgan fingerprint density at radius 2 is 1.27 bits per heavy atom. The van der Waals surface area contributed by atoms with Gasteiger partial charge in [-0.2, -0.15) is 0 Å². The van der Waals surface area contributed by atoms with Crippen molar-refractivity contribution in [3.8, 4) is 0 Å². The van der Waals surface area contributed by atoms with E-state index in [4.69, 9.17) is 0 Å². The smallest absolute Gasteiger partial charge is 0.225 e. The summed E-state index contributed by atoms with van der Waals surface area (Å²) in [6.07, 6.45) is 2.67. The van der Waals surface area contributed by atoms with Crippen LogP contribution in [0.1, 0.15) is 19.3 Å². The molecule has 0 atom stereocenters. The summed E-state index contributed by atoms with van der Waals surface area (Å²) in [6.45, 7) is 3.88. The number of nitrogens with zero attached hydrogens (tertiary/aromatic N) is 3. The average molecular weight is 444 g/mol. The van der Waals surface area contributed by atoms with Crippen LogP contribution in [0.25, 0.3) is 0 Å². The number of benzene rings is 2. The third-order valence-electron chi connectivity index (χ3n) is 5.66. The van der Waals surface area contributed by atoms with Gasteiger partial charge in [0.15, 0.2) is 0 Å². The Bertz CT molecular complexity index is 1030. The Kier molecular flexibility index (Phi) is 7.53. The van der Waals surface area contributed by atoms with Crippen LogP contribution in [0.2, 0.25) is 0 Å². The van der Waals surface area contributed by atoms with E-state index in [0.717, 1.165) is 37.6 Å². The van der Waals surface area contributed by atoms with Crippen LogP contribution in [0.4, 0.5) is 22.9 Å². The minimum atomic E-state index is -0.141. The first-order valence-corrected chi connectivity index (χ1v) is 11.3. The largest absolute Gasteiger partial charge is 0.368 e. The summed E-state index contributed by atoms with van der Waals surface area (Å²) >= 11 is 0. The number of piperazine rings is 1. The highest BCUT2D eigenvalue weighted by atomic mass is 16.2. The second-order valence-corrected chi connectivity index (χ2v) is 8.02. The van der Waals surface area contributed by atoms with Gasteiger partial charge in [-0.1, -0.05) is 24.3 Å². The molecule has 1 fully saturated rings. The molecular formula is C26H29N5O2. The molecule has 0 saturated carbocycles. The number of hydrogen-bond donors (Lipinski definition) is 2. The van der Waals surface area contributed by atoms with Crippen LogP contribution in [-0.4, -0.2) is 43.0 Å². The number of para-hydroxylation sites is 1. The number of anilines is 4. The van der Waals surface area contributed by atoms with E-state index in [1.807, 2.05) is 36.4 Å². The lowest BCUT2D eigenvalue weighted by Gasteiger charge is -2.37. The minimum absolute atomic E-state index is 0.0927. The highest BCUT2D eigenvalue weighted by molar-refractivity contribution is 5.92. The van der Waals surface area contributed by atoms with Crippen molar-refractivity contribution in [3.63, 3.8) is 0 Å². The van der Waals surface area contributed by atoms with Crippen LogP contribution in [0, 0.1) is 0 Å². The van der Waals surface area contributed by atoms with Gasteiger partial charge >= 0.3 is 0 Å². The molecule has 4 rings (SSSR count). The molecule has 2 amide bonds. The Balaban J connectivity index is 1.18. The van der Waals surface area contributed by atoms with Gasteiger partial charge in [0.25, 0.3) is 0 Å². The van der Waals surface area contributed by atoms with E-state index in [1.165, 1.54) is 5.69 Å². The number of carbonyl (C=O) groups excluding carboxylic acids is 2. The fourth-order valence-corrected chi connectivity index (χ4v) is 3.89. The van der Waals surface area contributed by atoms with Crippen molar-refractivity contribution in [1.29, 1.82) is 0 Å². The fraction of sp³-hybridized carbons (Fsp3) is 0.269. The Morgan fingerprint density at radius 1 is 0.697 bits per heavy atom. The standard InChI is InChI=1S/C26H29N5O2/c32-25(10-6-11-26(33)29-24-9-4-5-16-27-24)28-21-12-14-23(15-13-21)31-19-17-30(18-20-31)22-7-2-1-3-8-22/h1-5,7-9,12-16H,6,10-11,17-20H2,(H,28,32)(H,27,29,33). The predicted molar refractivity (Wildman–Crippen MR) is 133 cm³/mol. The second kappa shape index (κ2) is 11.1. The molecule has 1 aromatic heterocycles. The van der Waals surface area contributed by atoms with E-state index >= 15 is 0 Å². The molecule has 170 valence electrons. The summed E-state index contributed by atoms with van der Waals surface area (Å²) in [5, 5.41) is 5.64. The second-order valence-electron chi connectivity index (χ2n) is 8.02. The Hall–Kier alpha value is -3.87. The minimum Gasteiger partial charge on any atom is -0.368 e. The Labute approximate surface area is 194 Å². The van der Waals surface area contributed by atoms with E-state index < -0.39 is 0 Å². The zero-order chi connectivity index (χ0) is 22.9. The van der Waals surface area contributed by atoms with E-state index in [2.05, 4.69) is 49.7 Å². The highest BCUT2D eigenvalue weighted by Gasteiger charge is 2.17. The molecule has 1 saturated heterocycles. The van der Waals surface area contributed by atoms with Crippen LogP contribution in [0.3, 0.4) is 0 Å². The van der Waals surface area contributed by atoms with Gasteiger partial charge in [0, 0.05) is 62.3 Å². The zero-order valence-electron chi connectivity index (χ0n) is 18.6. The van der Waals surface area contributed by atoms with Crippen molar-refractivity contribution >= 4 is 34.7 Å². The third-order valence-corrected chi connectivity index (χ3v) is 5.66. The first-order valence-electron chi connectivity index (χ1n) is 11.3. The monoisotopic (exact) mass is 443 g/mol. The molecule has 0 bridgehead atoms. The predicted octanol–water partition coefficient (Wildman–Crippen LogP) is 4.16. The van der Waals surface area contributed by atoms with Crippen LogP contribution in [-0.2, 0) is 9.59 Å². The van der Waals surface area contributed by atoms with Crippen molar-refractivity contribution in [3.05, 3.63) is 79.0 Å². The van der Waals surface area contributed by atoms with E-state index in [1.54, 1.807) is 18.3 Å². The number of pyridine rings is 1. The van der Waals surface area contributed by atoms with Crippen LogP contribution >= 0.6 is 0 Å². The van der Waals surface area contributed by atoms with Gasteiger partial charge < -0.3 is 20.4 Å². The van der Waals surface area contributed by atoms with Crippen LogP contribution < -0.4 is 20.4 Å². The van der Waals surface area contributed by atoms with Gasteiger partial charge in [0.05, 0.1) is 0 Å². The first-order chi connectivity index (χ1) is 16.2. The molecule has 2 N–H and O–H groups in total. The molecule has 1 aliphatic heterocycles. The summed E-state index contributed by atoms with van der Waals surface area (Å²) in [7, 11) is 0. The zero-order valence-corrected chi connectivity index (χ0v) is 18.6. The van der Waals surface area contributed by atoms with Crippen molar-refractivity contribution in [2.45, 2.75) is 19.3 Å². The van der Waals surface area contributed by atoms with Gasteiger partial charge in [-0.15, -0.1) is 0 Å². The summed E-state index contributed by atoms with van der Waals surface area (Å²) in [5.41, 5.74) is 3.20. The first kappa shape index (κ1) is 22.3. The van der Waals surface area contributed by atoms with Gasteiger partial charge in [0.1, 0.15) is 5.82 Å². The normalized spacial score (nSPS) is 13.5. The van der Waals surface area contributed by atoms with Gasteiger partial charge in [-0.25, -0.2) is 4.98 Å². The van der Waals surface area contributed by atoms with Crippen molar-refractivity contribution in [1.82, 2.24) is 4.98 Å². The third kappa shape index (κ3) is 6.55. The SMILES string of the molecule is O=C(CCCC(=O)Nc1ccccn1)Nc1ccc(N2CCN(c3ccccc3)CC2)cc1. The number of amides is 2. The number of nitrogens with one attached hydrogen (secondary N) is 2. The molecule has 2 heterocycles. The summed E-state index contributed by atoms with van der Waals surface area (Å²) in [5.74, 6) is 0.289. The number of hydrogen-bond acceptors (Lipinski definition) is 5. The van der Waals surface area contributed by atoms with Crippen molar-refractivity contribution in [2.75, 3.05) is 46.6 Å². The quantitative estimate of drug-likeness (QED) is 0.547. The van der Waals surface area contributed by atoms with E-state index in [0.29, 0.717) is 18.7 Å². The molecule has 1 aliphatic rings. The molecular weight excluding hydrogens is 414 g/mol. The lowest BCUT2D eigenvalue weighted by atomic mass is 10.2. The van der Waals surface area contributed by atoms with Gasteiger partial charge in [0.2, 0.25) is 11.8 Å². The summed E-state index contributed by atoms with van der Waals surface area (Å²) in [4.78, 5) is 33.0.